The Kier molecular flexibility index (Phi) is 4.40. The van der Waals surface area contributed by atoms with Gasteiger partial charge in [-0.05, 0) is 19.4 Å². The van der Waals surface area contributed by atoms with Crippen LogP contribution in [0.1, 0.15) is 50.5 Å². The van der Waals surface area contributed by atoms with Crippen molar-refractivity contribution in [1.82, 2.24) is 14.9 Å². The van der Waals surface area contributed by atoms with Crippen LogP contribution in [0.15, 0.2) is 6.20 Å². The van der Waals surface area contributed by atoms with E-state index in [2.05, 4.69) is 33.6 Å². The van der Waals surface area contributed by atoms with Crippen LogP contribution in [0.5, 0.6) is 0 Å². The minimum Gasteiger partial charge on any atom is -0.390 e. The standard InChI is InChI=1S/C16H26N4O/c1-12(2)16-17-9-15(14(11-21)18-16)20-8-7-19-6-4-3-5-13(19)10-20/h9,12-13,21H,3-8,10-11H2,1-2H3. The maximum atomic E-state index is 9.66. The lowest BCUT2D eigenvalue weighted by atomic mass is 9.99. The molecule has 5 nitrogen and oxygen atoms in total. The third-order valence-corrected chi connectivity index (χ3v) is 4.71. The summed E-state index contributed by atoms with van der Waals surface area (Å²) in [5.41, 5.74) is 1.80. The van der Waals surface area contributed by atoms with Crippen LogP contribution < -0.4 is 4.90 Å². The van der Waals surface area contributed by atoms with E-state index in [1.807, 2.05) is 6.20 Å². The topological polar surface area (TPSA) is 52.5 Å². The third-order valence-electron chi connectivity index (χ3n) is 4.71. The molecule has 0 aliphatic carbocycles. The summed E-state index contributed by atoms with van der Waals surface area (Å²) >= 11 is 0. The Hall–Kier alpha value is -1.20. The van der Waals surface area contributed by atoms with Gasteiger partial charge in [0.15, 0.2) is 0 Å². The first-order valence-electron chi connectivity index (χ1n) is 8.14. The van der Waals surface area contributed by atoms with Crippen LogP contribution in [0.25, 0.3) is 0 Å². The number of piperazine rings is 1. The molecule has 0 spiro atoms. The number of anilines is 1. The van der Waals surface area contributed by atoms with Gasteiger partial charge in [0.05, 0.1) is 24.2 Å². The largest absolute Gasteiger partial charge is 0.390 e. The number of aromatic nitrogens is 2. The molecule has 3 rings (SSSR count). The molecule has 0 amide bonds. The summed E-state index contributed by atoms with van der Waals surface area (Å²) in [5.74, 6) is 1.11. The highest BCUT2D eigenvalue weighted by atomic mass is 16.3. The first kappa shape index (κ1) is 14.7. The Morgan fingerprint density at radius 1 is 1.29 bits per heavy atom. The lowest BCUT2D eigenvalue weighted by Gasteiger charge is -2.45. The number of hydrogen-bond acceptors (Lipinski definition) is 5. The average molecular weight is 290 g/mol. The molecule has 116 valence electrons. The fourth-order valence-electron chi connectivity index (χ4n) is 3.46. The van der Waals surface area contributed by atoms with E-state index < -0.39 is 0 Å². The highest BCUT2D eigenvalue weighted by Crippen LogP contribution is 2.27. The summed E-state index contributed by atoms with van der Waals surface area (Å²) in [7, 11) is 0. The summed E-state index contributed by atoms with van der Waals surface area (Å²) in [6.45, 7) is 8.55. The molecule has 2 aliphatic rings. The van der Waals surface area contributed by atoms with Gasteiger partial charge in [-0.1, -0.05) is 20.3 Å². The van der Waals surface area contributed by atoms with Crippen LogP contribution in [0.4, 0.5) is 5.69 Å². The molecule has 1 aromatic rings. The lowest BCUT2D eigenvalue weighted by Crippen LogP contribution is -2.55. The van der Waals surface area contributed by atoms with Gasteiger partial charge < -0.3 is 10.0 Å². The van der Waals surface area contributed by atoms with Crippen molar-refractivity contribution < 1.29 is 5.11 Å². The van der Waals surface area contributed by atoms with Gasteiger partial charge in [0, 0.05) is 31.6 Å². The minimum atomic E-state index is -0.0115. The summed E-state index contributed by atoms with van der Waals surface area (Å²) in [6.07, 6.45) is 5.87. The lowest BCUT2D eigenvalue weighted by molar-refractivity contribution is 0.133. The van der Waals surface area contributed by atoms with Gasteiger partial charge in [-0.15, -0.1) is 0 Å². The fraction of sp³-hybridized carbons (Fsp3) is 0.750. The molecular formula is C16H26N4O. The van der Waals surface area contributed by atoms with Crippen LogP contribution in [-0.2, 0) is 6.61 Å². The molecule has 2 saturated heterocycles. The quantitative estimate of drug-likeness (QED) is 0.919. The number of aliphatic hydroxyl groups is 1. The van der Waals surface area contributed by atoms with Crippen molar-refractivity contribution in [2.75, 3.05) is 31.1 Å². The van der Waals surface area contributed by atoms with Gasteiger partial charge in [0.2, 0.25) is 0 Å². The number of aliphatic hydroxyl groups excluding tert-OH is 1. The Morgan fingerprint density at radius 2 is 2.14 bits per heavy atom. The van der Waals surface area contributed by atoms with Gasteiger partial charge in [-0.3, -0.25) is 4.90 Å². The third kappa shape index (κ3) is 3.04. The maximum absolute atomic E-state index is 9.66. The first-order valence-corrected chi connectivity index (χ1v) is 8.14. The Morgan fingerprint density at radius 3 is 2.90 bits per heavy atom. The van der Waals surface area contributed by atoms with Gasteiger partial charge in [-0.25, -0.2) is 9.97 Å². The van der Waals surface area contributed by atoms with Crippen LogP contribution in [0.3, 0.4) is 0 Å². The summed E-state index contributed by atoms with van der Waals surface area (Å²) in [6, 6.07) is 0.656. The van der Waals surface area contributed by atoms with E-state index in [9.17, 15) is 5.11 Å². The highest BCUT2D eigenvalue weighted by molar-refractivity contribution is 5.49. The minimum absolute atomic E-state index is 0.0115. The normalized spacial score (nSPS) is 23.4. The molecule has 5 heteroatoms. The molecular weight excluding hydrogens is 264 g/mol. The molecule has 3 heterocycles. The smallest absolute Gasteiger partial charge is 0.131 e. The molecule has 2 fully saturated rings. The monoisotopic (exact) mass is 290 g/mol. The van der Waals surface area contributed by atoms with Crippen LogP contribution >= 0.6 is 0 Å². The second kappa shape index (κ2) is 6.28. The first-order chi connectivity index (χ1) is 10.2. The second-order valence-electron chi connectivity index (χ2n) is 6.50. The Bertz CT molecular complexity index is 491. The Labute approximate surface area is 127 Å². The zero-order chi connectivity index (χ0) is 14.8. The van der Waals surface area contributed by atoms with E-state index in [1.54, 1.807) is 0 Å². The van der Waals surface area contributed by atoms with Crippen molar-refractivity contribution in [1.29, 1.82) is 0 Å². The van der Waals surface area contributed by atoms with Gasteiger partial charge in [-0.2, -0.15) is 0 Å². The average Bonchev–Trinajstić information content (AvgIpc) is 2.53. The van der Waals surface area contributed by atoms with Crippen molar-refractivity contribution in [3.63, 3.8) is 0 Å². The van der Waals surface area contributed by atoms with Gasteiger partial charge in [0.1, 0.15) is 5.82 Å². The summed E-state index contributed by atoms with van der Waals surface area (Å²) in [4.78, 5) is 14.0. The molecule has 1 N–H and O–H groups in total. The van der Waals surface area contributed by atoms with Gasteiger partial charge in [0.25, 0.3) is 0 Å². The van der Waals surface area contributed by atoms with Crippen LogP contribution in [-0.4, -0.2) is 52.2 Å². The van der Waals surface area contributed by atoms with Crippen molar-refractivity contribution in [2.45, 2.75) is 51.7 Å². The van der Waals surface area contributed by atoms with Crippen molar-refractivity contribution in [3.05, 3.63) is 17.7 Å². The van der Waals surface area contributed by atoms with Crippen LogP contribution in [0.2, 0.25) is 0 Å². The maximum Gasteiger partial charge on any atom is 0.131 e. The number of piperidine rings is 1. The van der Waals surface area contributed by atoms with Crippen molar-refractivity contribution in [3.8, 4) is 0 Å². The van der Waals surface area contributed by atoms with E-state index in [0.717, 1.165) is 36.8 Å². The second-order valence-corrected chi connectivity index (χ2v) is 6.50. The molecule has 1 unspecified atom stereocenters. The van der Waals surface area contributed by atoms with E-state index in [4.69, 9.17) is 0 Å². The van der Waals surface area contributed by atoms with E-state index in [1.165, 1.54) is 25.8 Å². The highest BCUT2D eigenvalue weighted by Gasteiger charge is 2.30. The molecule has 1 atom stereocenters. The zero-order valence-corrected chi connectivity index (χ0v) is 13.1. The zero-order valence-electron chi connectivity index (χ0n) is 13.1. The van der Waals surface area contributed by atoms with E-state index >= 15 is 0 Å². The predicted octanol–water partition coefficient (Wildman–Crippen LogP) is 1.77. The predicted molar refractivity (Wildman–Crippen MR) is 83.5 cm³/mol. The molecule has 21 heavy (non-hydrogen) atoms. The molecule has 0 bridgehead atoms. The SMILES string of the molecule is CC(C)c1ncc(N2CCN3CCCCC3C2)c(CO)n1. The van der Waals surface area contributed by atoms with E-state index in [0.29, 0.717) is 12.0 Å². The molecule has 0 radical (unpaired) electrons. The molecule has 1 aromatic heterocycles. The number of hydrogen-bond donors (Lipinski definition) is 1. The number of rotatable bonds is 3. The van der Waals surface area contributed by atoms with Crippen LogP contribution in [0, 0.1) is 0 Å². The van der Waals surface area contributed by atoms with Gasteiger partial charge >= 0.3 is 0 Å². The van der Waals surface area contributed by atoms with Crippen molar-refractivity contribution >= 4 is 5.69 Å². The molecule has 0 aromatic carbocycles. The number of nitrogens with zero attached hydrogens (tertiary/aromatic N) is 4. The number of fused-ring (bicyclic) bond motifs is 1. The summed E-state index contributed by atoms with van der Waals surface area (Å²) < 4.78 is 0. The fourth-order valence-corrected chi connectivity index (χ4v) is 3.46. The molecule has 2 aliphatic heterocycles. The summed E-state index contributed by atoms with van der Waals surface area (Å²) in [5, 5.41) is 9.66. The van der Waals surface area contributed by atoms with E-state index in [-0.39, 0.29) is 6.61 Å². The molecule has 0 saturated carbocycles. The van der Waals surface area contributed by atoms with Crippen molar-refractivity contribution in [2.24, 2.45) is 0 Å². The Balaban J connectivity index is 1.80.